The third-order valence-corrected chi connectivity index (χ3v) is 4.06. The smallest absolute Gasteiger partial charge is 0.282 e. The highest BCUT2D eigenvalue weighted by molar-refractivity contribution is 6.31. The number of alkyl halides is 1. The lowest BCUT2D eigenvalue weighted by Crippen LogP contribution is -2.38. The molecule has 0 aromatic heterocycles. The minimum absolute atomic E-state index is 0.00417. The molecule has 7 heteroatoms. The number of benzene rings is 1. The first-order valence-electron chi connectivity index (χ1n) is 6.36. The Balaban J connectivity index is 2.12. The molecule has 1 amide bonds. The standard InChI is InChI=1S/C13H14Cl2N2O3/c14-8-1-4-10(5-2-8)16-13(18)11-7-9(15)3-6-12(11)17(19)20/h3,6-8,10H,1-2,4-5H2,(H,16,18). The van der Waals surface area contributed by atoms with Gasteiger partial charge in [0.1, 0.15) is 5.56 Å². The molecule has 0 heterocycles. The second kappa shape index (κ2) is 6.41. The van der Waals surface area contributed by atoms with E-state index in [0.717, 1.165) is 25.7 Å². The normalized spacial score (nSPS) is 22.3. The number of amides is 1. The molecule has 0 radical (unpaired) electrons. The highest BCUT2D eigenvalue weighted by Gasteiger charge is 2.25. The fourth-order valence-electron chi connectivity index (χ4n) is 2.31. The quantitative estimate of drug-likeness (QED) is 0.526. The molecule has 0 aliphatic heterocycles. The predicted molar refractivity (Wildman–Crippen MR) is 77.5 cm³/mol. The molecule has 0 atom stereocenters. The Bertz CT molecular complexity index is 528. The van der Waals surface area contributed by atoms with Gasteiger partial charge in [-0.15, -0.1) is 11.6 Å². The van der Waals surface area contributed by atoms with Gasteiger partial charge >= 0.3 is 0 Å². The van der Waals surface area contributed by atoms with E-state index in [-0.39, 0.29) is 22.7 Å². The van der Waals surface area contributed by atoms with E-state index in [1.807, 2.05) is 0 Å². The summed E-state index contributed by atoms with van der Waals surface area (Å²) >= 11 is 11.8. The first kappa shape index (κ1) is 15.1. The Morgan fingerprint density at radius 3 is 2.55 bits per heavy atom. The van der Waals surface area contributed by atoms with Gasteiger partial charge in [0.15, 0.2) is 0 Å². The van der Waals surface area contributed by atoms with Crippen molar-refractivity contribution in [2.24, 2.45) is 0 Å². The number of nitro benzene ring substituents is 1. The van der Waals surface area contributed by atoms with E-state index in [4.69, 9.17) is 23.2 Å². The maximum absolute atomic E-state index is 12.2. The molecule has 108 valence electrons. The van der Waals surface area contributed by atoms with Crippen molar-refractivity contribution in [3.05, 3.63) is 38.9 Å². The Hall–Kier alpha value is -1.33. The fourth-order valence-corrected chi connectivity index (χ4v) is 2.73. The van der Waals surface area contributed by atoms with E-state index in [0.29, 0.717) is 5.02 Å². The van der Waals surface area contributed by atoms with Gasteiger partial charge in [-0.2, -0.15) is 0 Å². The summed E-state index contributed by atoms with van der Waals surface area (Å²) < 4.78 is 0. The van der Waals surface area contributed by atoms with Crippen molar-refractivity contribution in [1.29, 1.82) is 0 Å². The molecule has 1 fully saturated rings. The van der Waals surface area contributed by atoms with Crippen LogP contribution in [0.1, 0.15) is 36.0 Å². The Morgan fingerprint density at radius 1 is 1.30 bits per heavy atom. The van der Waals surface area contributed by atoms with Gasteiger partial charge in [-0.3, -0.25) is 14.9 Å². The second-order valence-electron chi connectivity index (χ2n) is 4.84. The highest BCUT2D eigenvalue weighted by Crippen LogP contribution is 2.25. The molecule has 0 spiro atoms. The van der Waals surface area contributed by atoms with Gasteiger partial charge in [-0.05, 0) is 37.8 Å². The largest absolute Gasteiger partial charge is 0.349 e. The molecule has 1 aromatic rings. The minimum atomic E-state index is -0.582. The van der Waals surface area contributed by atoms with Gasteiger partial charge < -0.3 is 5.32 Å². The monoisotopic (exact) mass is 316 g/mol. The van der Waals surface area contributed by atoms with Crippen molar-refractivity contribution in [3.8, 4) is 0 Å². The number of carbonyl (C=O) groups is 1. The lowest BCUT2D eigenvalue weighted by atomic mass is 9.94. The summed E-state index contributed by atoms with van der Waals surface area (Å²) in [5.74, 6) is -0.461. The Kier molecular flexibility index (Phi) is 4.83. The number of halogens is 2. The summed E-state index contributed by atoms with van der Waals surface area (Å²) in [4.78, 5) is 22.5. The zero-order valence-electron chi connectivity index (χ0n) is 10.6. The third kappa shape index (κ3) is 3.61. The summed E-state index contributed by atoms with van der Waals surface area (Å²) in [5, 5.41) is 14.2. The molecule has 2 rings (SSSR count). The molecular formula is C13H14Cl2N2O3. The minimum Gasteiger partial charge on any atom is -0.349 e. The van der Waals surface area contributed by atoms with Gasteiger partial charge in [0.25, 0.3) is 11.6 Å². The number of nitrogens with one attached hydrogen (secondary N) is 1. The Labute approximate surface area is 126 Å². The molecule has 0 unspecified atom stereocenters. The number of nitrogens with zero attached hydrogens (tertiary/aromatic N) is 1. The van der Waals surface area contributed by atoms with Crippen LogP contribution in [0.5, 0.6) is 0 Å². The molecule has 5 nitrogen and oxygen atoms in total. The molecule has 1 aliphatic rings. The maximum atomic E-state index is 12.2. The lowest BCUT2D eigenvalue weighted by Gasteiger charge is -2.25. The van der Waals surface area contributed by atoms with Crippen LogP contribution in [0.2, 0.25) is 5.02 Å². The Morgan fingerprint density at radius 2 is 1.95 bits per heavy atom. The number of hydrogen-bond donors (Lipinski definition) is 1. The number of hydrogen-bond acceptors (Lipinski definition) is 3. The van der Waals surface area contributed by atoms with Crippen molar-refractivity contribution < 1.29 is 9.72 Å². The predicted octanol–water partition coefficient (Wildman–Crippen LogP) is 3.53. The van der Waals surface area contributed by atoms with Gasteiger partial charge in [-0.1, -0.05) is 11.6 Å². The van der Waals surface area contributed by atoms with E-state index >= 15 is 0 Å². The van der Waals surface area contributed by atoms with E-state index in [1.165, 1.54) is 18.2 Å². The van der Waals surface area contributed by atoms with Crippen molar-refractivity contribution in [2.45, 2.75) is 37.1 Å². The molecule has 0 saturated heterocycles. The number of rotatable bonds is 3. The molecule has 1 saturated carbocycles. The average molecular weight is 317 g/mol. The SMILES string of the molecule is O=C(NC1CCC(Cl)CC1)c1cc(Cl)ccc1[N+](=O)[O-]. The zero-order valence-corrected chi connectivity index (χ0v) is 12.2. The van der Waals surface area contributed by atoms with Crippen LogP contribution < -0.4 is 5.32 Å². The van der Waals surface area contributed by atoms with Crippen LogP contribution in [0.4, 0.5) is 5.69 Å². The van der Waals surface area contributed by atoms with Crippen molar-refractivity contribution in [1.82, 2.24) is 5.32 Å². The molecule has 1 aromatic carbocycles. The summed E-state index contributed by atoms with van der Waals surface area (Å²) in [6.45, 7) is 0. The first-order chi connectivity index (χ1) is 9.47. The summed E-state index contributed by atoms with van der Waals surface area (Å²) in [6, 6.07) is 3.97. The van der Waals surface area contributed by atoms with E-state index < -0.39 is 10.8 Å². The first-order valence-corrected chi connectivity index (χ1v) is 7.17. The topological polar surface area (TPSA) is 72.2 Å². The maximum Gasteiger partial charge on any atom is 0.282 e. The van der Waals surface area contributed by atoms with Crippen LogP contribution in [0.3, 0.4) is 0 Å². The van der Waals surface area contributed by atoms with Crippen LogP contribution in [-0.2, 0) is 0 Å². The van der Waals surface area contributed by atoms with Gasteiger partial charge in [0, 0.05) is 22.5 Å². The molecule has 20 heavy (non-hydrogen) atoms. The molecular weight excluding hydrogens is 303 g/mol. The third-order valence-electron chi connectivity index (χ3n) is 3.39. The number of nitro groups is 1. The van der Waals surface area contributed by atoms with Gasteiger partial charge in [0.2, 0.25) is 0 Å². The van der Waals surface area contributed by atoms with E-state index in [9.17, 15) is 14.9 Å². The van der Waals surface area contributed by atoms with Crippen LogP contribution in [0.25, 0.3) is 0 Å². The van der Waals surface area contributed by atoms with Crippen LogP contribution >= 0.6 is 23.2 Å². The van der Waals surface area contributed by atoms with Crippen molar-refractivity contribution in [3.63, 3.8) is 0 Å². The van der Waals surface area contributed by atoms with Crippen LogP contribution in [0.15, 0.2) is 18.2 Å². The molecule has 1 aliphatic carbocycles. The van der Waals surface area contributed by atoms with E-state index in [1.54, 1.807) is 0 Å². The highest BCUT2D eigenvalue weighted by atomic mass is 35.5. The summed E-state index contributed by atoms with van der Waals surface area (Å²) in [5.41, 5.74) is -0.242. The van der Waals surface area contributed by atoms with Gasteiger partial charge in [-0.25, -0.2) is 0 Å². The molecule has 0 bridgehead atoms. The average Bonchev–Trinajstić information content (AvgIpc) is 2.41. The fraction of sp³-hybridized carbons (Fsp3) is 0.462. The van der Waals surface area contributed by atoms with Crippen LogP contribution in [-0.4, -0.2) is 22.2 Å². The zero-order chi connectivity index (χ0) is 14.7. The van der Waals surface area contributed by atoms with Crippen molar-refractivity contribution in [2.75, 3.05) is 0 Å². The molecule has 1 N–H and O–H groups in total. The van der Waals surface area contributed by atoms with Crippen molar-refractivity contribution >= 4 is 34.8 Å². The second-order valence-corrected chi connectivity index (χ2v) is 5.89. The summed E-state index contributed by atoms with van der Waals surface area (Å²) in [7, 11) is 0. The van der Waals surface area contributed by atoms with Crippen LogP contribution in [0, 0.1) is 10.1 Å². The summed E-state index contributed by atoms with van der Waals surface area (Å²) in [6.07, 6.45) is 3.25. The van der Waals surface area contributed by atoms with E-state index in [2.05, 4.69) is 5.32 Å². The van der Waals surface area contributed by atoms with Gasteiger partial charge in [0.05, 0.1) is 4.92 Å². The number of carbonyl (C=O) groups excluding carboxylic acids is 1. The lowest BCUT2D eigenvalue weighted by molar-refractivity contribution is -0.385.